The third-order valence-corrected chi connectivity index (χ3v) is 5.64. The van der Waals surface area contributed by atoms with Crippen molar-refractivity contribution in [2.24, 2.45) is 0 Å². The minimum Gasteiger partial charge on any atom is -0.379 e. The molecule has 3 aromatic heterocycles. The van der Waals surface area contributed by atoms with Crippen LogP contribution in [0.4, 0.5) is 17.5 Å². The molecule has 0 aliphatic rings. The van der Waals surface area contributed by atoms with E-state index in [1.807, 2.05) is 0 Å². The molecule has 4 N–H and O–H groups in total. The molecule has 0 aliphatic heterocycles. The van der Waals surface area contributed by atoms with Crippen molar-refractivity contribution in [1.82, 2.24) is 25.1 Å². The van der Waals surface area contributed by atoms with Crippen LogP contribution in [0.15, 0.2) is 50.7 Å². The number of carbonyl (C=O) groups is 1. The molecular weight excluding hydrogens is 452 g/mol. The van der Waals surface area contributed by atoms with Gasteiger partial charge in [-0.3, -0.25) is 24.6 Å². The zero-order valence-corrected chi connectivity index (χ0v) is 18.2. The van der Waals surface area contributed by atoms with E-state index in [2.05, 4.69) is 40.4 Å². The monoisotopic (exact) mass is 470 g/mol. The molecule has 170 valence electrons. The Balaban J connectivity index is 1.45. The number of hydrogen-bond acceptors (Lipinski definition) is 10. The molecule has 0 spiro atoms. The highest BCUT2D eigenvalue weighted by Crippen LogP contribution is 2.18. The molecule has 0 fully saturated rings. The molecule has 1 aromatic carbocycles. The van der Waals surface area contributed by atoms with Crippen LogP contribution < -0.4 is 20.9 Å². The molecule has 0 bridgehead atoms. The summed E-state index contributed by atoms with van der Waals surface area (Å²) in [7, 11) is -3.82. The van der Waals surface area contributed by atoms with Crippen LogP contribution in [0.5, 0.6) is 0 Å². The van der Waals surface area contributed by atoms with E-state index in [0.717, 1.165) is 0 Å². The quantitative estimate of drug-likeness (QED) is 0.307. The van der Waals surface area contributed by atoms with Crippen LogP contribution in [-0.4, -0.2) is 39.4 Å². The lowest BCUT2D eigenvalue weighted by Crippen LogP contribution is -2.18. The summed E-state index contributed by atoms with van der Waals surface area (Å²) < 4.78 is 32.1. The molecule has 0 saturated carbocycles. The number of rotatable bonds is 7. The molecule has 14 heteroatoms. The first-order chi connectivity index (χ1) is 15.7. The highest BCUT2D eigenvalue weighted by atomic mass is 32.2. The van der Waals surface area contributed by atoms with E-state index in [4.69, 9.17) is 4.52 Å². The van der Waals surface area contributed by atoms with Crippen LogP contribution in [0.1, 0.15) is 18.4 Å². The first kappa shape index (κ1) is 21.9. The van der Waals surface area contributed by atoms with Crippen LogP contribution in [0.25, 0.3) is 11.2 Å². The SMILES string of the molecule is CC(=O)Nc1nc2ncc(CNc3ccc(S(=O)(=O)Nc4cc(C)on4)cc3)nc2c(=O)[nH]1. The van der Waals surface area contributed by atoms with Gasteiger partial charge in [-0.25, -0.2) is 18.4 Å². The number of hydrogen-bond donors (Lipinski definition) is 4. The average Bonchev–Trinajstić information content (AvgIpc) is 3.16. The van der Waals surface area contributed by atoms with Gasteiger partial charge in [0.15, 0.2) is 17.0 Å². The third kappa shape index (κ3) is 5.12. The van der Waals surface area contributed by atoms with Gasteiger partial charge in [-0.2, -0.15) is 4.98 Å². The Morgan fingerprint density at radius 1 is 1.18 bits per heavy atom. The second-order valence-corrected chi connectivity index (χ2v) is 8.62. The molecule has 0 atom stereocenters. The highest BCUT2D eigenvalue weighted by Gasteiger charge is 2.16. The molecule has 0 unspecified atom stereocenters. The lowest BCUT2D eigenvalue weighted by Gasteiger charge is -2.09. The number of aryl methyl sites for hydroxylation is 1. The summed E-state index contributed by atoms with van der Waals surface area (Å²) in [6.07, 6.45) is 1.45. The second kappa shape index (κ2) is 8.66. The summed E-state index contributed by atoms with van der Waals surface area (Å²) in [5.74, 6) is 0.186. The van der Waals surface area contributed by atoms with Crippen molar-refractivity contribution in [2.45, 2.75) is 25.3 Å². The van der Waals surface area contributed by atoms with Crippen molar-refractivity contribution >= 4 is 44.5 Å². The number of aromatic nitrogens is 5. The van der Waals surface area contributed by atoms with E-state index < -0.39 is 15.6 Å². The molecule has 13 nitrogen and oxygen atoms in total. The number of sulfonamides is 1. The first-order valence-electron chi connectivity index (χ1n) is 9.53. The van der Waals surface area contributed by atoms with Crippen molar-refractivity contribution in [3.05, 3.63) is 58.3 Å². The number of amides is 1. The number of aromatic amines is 1. The van der Waals surface area contributed by atoms with E-state index in [1.54, 1.807) is 19.1 Å². The molecule has 0 saturated heterocycles. The fourth-order valence-corrected chi connectivity index (χ4v) is 3.80. The van der Waals surface area contributed by atoms with Gasteiger partial charge in [0.1, 0.15) is 5.76 Å². The Morgan fingerprint density at radius 2 is 1.94 bits per heavy atom. The number of nitrogens with one attached hydrogen (secondary N) is 4. The number of anilines is 3. The van der Waals surface area contributed by atoms with E-state index in [9.17, 15) is 18.0 Å². The maximum absolute atomic E-state index is 12.4. The van der Waals surface area contributed by atoms with Gasteiger partial charge in [-0.1, -0.05) is 5.16 Å². The predicted molar refractivity (Wildman–Crippen MR) is 118 cm³/mol. The molecule has 0 radical (unpaired) electrons. The van der Waals surface area contributed by atoms with Gasteiger partial charge in [0.25, 0.3) is 15.6 Å². The summed E-state index contributed by atoms with van der Waals surface area (Å²) in [5.41, 5.74) is 0.667. The zero-order valence-electron chi connectivity index (χ0n) is 17.4. The fourth-order valence-electron chi connectivity index (χ4n) is 2.82. The molecular formula is C19H18N8O5S. The van der Waals surface area contributed by atoms with Gasteiger partial charge < -0.3 is 9.84 Å². The Hall–Kier alpha value is -4.33. The standard InChI is InChI=1S/C19H18N8O5S/c1-10-7-15(26-32-10)27-33(30,31)14-5-3-12(4-6-14)20-8-13-9-21-17-16(23-13)18(29)25-19(24-17)22-11(2)28/h3-7,9,20H,8H2,1-2H3,(H,26,27)(H2,21,22,24,25,28,29). The van der Waals surface area contributed by atoms with Crippen LogP contribution in [0.2, 0.25) is 0 Å². The lowest BCUT2D eigenvalue weighted by atomic mass is 10.3. The Labute approximate surface area is 186 Å². The molecule has 0 aliphatic carbocycles. The predicted octanol–water partition coefficient (Wildman–Crippen LogP) is 1.38. The minimum absolute atomic E-state index is 0.0107. The minimum atomic E-state index is -3.82. The summed E-state index contributed by atoms with van der Waals surface area (Å²) in [4.78, 5) is 38.3. The number of H-pyrrole nitrogens is 1. The Morgan fingerprint density at radius 3 is 2.61 bits per heavy atom. The van der Waals surface area contributed by atoms with Gasteiger partial charge >= 0.3 is 0 Å². The Kier molecular flexibility index (Phi) is 5.74. The topological polar surface area (TPSA) is 185 Å². The molecule has 3 heterocycles. The number of benzene rings is 1. The highest BCUT2D eigenvalue weighted by molar-refractivity contribution is 7.92. The smallest absolute Gasteiger partial charge is 0.280 e. The molecule has 4 rings (SSSR count). The van der Waals surface area contributed by atoms with Crippen molar-refractivity contribution in [3.63, 3.8) is 0 Å². The van der Waals surface area contributed by atoms with Gasteiger partial charge in [-0.15, -0.1) is 0 Å². The number of fused-ring (bicyclic) bond motifs is 1. The summed E-state index contributed by atoms with van der Waals surface area (Å²) >= 11 is 0. The average molecular weight is 470 g/mol. The van der Waals surface area contributed by atoms with Crippen molar-refractivity contribution in [2.75, 3.05) is 15.4 Å². The van der Waals surface area contributed by atoms with Crippen LogP contribution in [-0.2, 0) is 21.4 Å². The maximum atomic E-state index is 12.4. The normalized spacial score (nSPS) is 11.3. The van der Waals surface area contributed by atoms with Gasteiger partial charge in [0, 0.05) is 18.7 Å². The maximum Gasteiger partial charge on any atom is 0.280 e. The van der Waals surface area contributed by atoms with Crippen LogP contribution in [0, 0.1) is 6.92 Å². The van der Waals surface area contributed by atoms with Gasteiger partial charge in [0.2, 0.25) is 11.9 Å². The zero-order chi connectivity index (χ0) is 23.6. The molecule has 33 heavy (non-hydrogen) atoms. The largest absolute Gasteiger partial charge is 0.379 e. The number of carbonyl (C=O) groups excluding carboxylic acids is 1. The first-order valence-corrected chi connectivity index (χ1v) is 11.0. The van der Waals surface area contributed by atoms with Crippen molar-refractivity contribution in [1.29, 1.82) is 0 Å². The van der Waals surface area contributed by atoms with E-state index in [0.29, 0.717) is 17.1 Å². The lowest BCUT2D eigenvalue weighted by molar-refractivity contribution is -0.114. The fraction of sp³-hybridized carbons (Fsp3) is 0.158. The number of nitrogens with zero attached hydrogens (tertiary/aromatic N) is 4. The molecule has 4 aromatic rings. The second-order valence-electron chi connectivity index (χ2n) is 6.94. The van der Waals surface area contributed by atoms with Crippen molar-refractivity contribution in [3.8, 4) is 0 Å². The summed E-state index contributed by atoms with van der Waals surface area (Å²) in [5, 5.41) is 9.08. The van der Waals surface area contributed by atoms with E-state index in [1.165, 1.54) is 31.3 Å². The van der Waals surface area contributed by atoms with E-state index >= 15 is 0 Å². The summed E-state index contributed by atoms with van der Waals surface area (Å²) in [6.45, 7) is 3.17. The summed E-state index contributed by atoms with van der Waals surface area (Å²) in [6, 6.07) is 7.51. The van der Waals surface area contributed by atoms with Crippen LogP contribution >= 0.6 is 0 Å². The van der Waals surface area contributed by atoms with Crippen LogP contribution in [0.3, 0.4) is 0 Å². The Bertz CT molecular complexity index is 1490. The van der Waals surface area contributed by atoms with Gasteiger partial charge in [0.05, 0.1) is 23.3 Å². The van der Waals surface area contributed by atoms with Gasteiger partial charge in [-0.05, 0) is 31.2 Å². The molecule has 1 amide bonds. The third-order valence-electron chi connectivity index (χ3n) is 4.27. The van der Waals surface area contributed by atoms with Crippen molar-refractivity contribution < 1.29 is 17.7 Å². The van der Waals surface area contributed by atoms with E-state index in [-0.39, 0.29) is 40.3 Å².